The van der Waals surface area contributed by atoms with Crippen molar-refractivity contribution in [2.75, 3.05) is 6.61 Å². The highest BCUT2D eigenvalue weighted by atomic mass is 16.5. The fourth-order valence-corrected chi connectivity index (χ4v) is 1.67. The summed E-state index contributed by atoms with van der Waals surface area (Å²) in [6, 6.07) is 0. The van der Waals surface area contributed by atoms with Crippen LogP contribution in [0.4, 0.5) is 0 Å². The Kier molecular flexibility index (Phi) is 8.44. The van der Waals surface area contributed by atoms with Crippen molar-refractivity contribution in [3.05, 3.63) is 0 Å². The van der Waals surface area contributed by atoms with Crippen LogP contribution in [-0.2, 0) is 9.53 Å². The van der Waals surface area contributed by atoms with Crippen LogP contribution in [0.3, 0.4) is 0 Å². The molecule has 0 heterocycles. The van der Waals surface area contributed by atoms with E-state index >= 15 is 0 Å². The second-order valence-corrected chi connectivity index (χ2v) is 4.44. The molecule has 0 N–H and O–H groups in total. The molecule has 0 aromatic carbocycles. The van der Waals surface area contributed by atoms with Crippen LogP contribution in [0.25, 0.3) is 0 Å². The third-order valence-corrected chi connectivity index (χ3v) is 3.09. The van der Waals surface area contributed by atoms with Crippen molar-refractivity contribution in [2.24, 2.45) is 11.8 Å². The van der Waals surface area contributed by atoms with Gasteiger partial charge in [0, 0.05) is 6.42 Å². The van der Waals surface area contributed by atoms with Gasteiger partial charge in [0.05, 0.1) is 6.61 Å². The van der Waals surface area contributed by atoms with Crippen molar-refractivity contribution in [2.45, 2.75) is 59.8 Å². The average Bonchev–Trinajstić information content (AvgIpc) is 2.22. The Balaban J connectivity index is 3.62. The lowest BCUT2D eigenvalue weighted by molar-refractivity contribution is -0.143. The van der Waals surface area contributed by atoms with Crippen LogP contribution in [0, 0.1) is 11.8 Å². The molecule has 0 aliphatic heterocycles. The summed E-state index contributed by atoms with van der Waals surface area (Å²) in [5, 5.41) is 0. The molecule has 0 bridgehead atoms. The molecule has 2 nitrogen and oxygen atoms in total. The first-order valence-electron chi connectivity index (χ1n) is 6.27. The number of rotatable bonds is 8. The summed E-state index contributed by atoms with van der Waals surface area (Å²) >= 11 is 0. The Labute approximate surface area is 94.4 Å². The summed E-state index contributed by atoms with van der Waals surface area (Å²) < 4.78 is 4.91. The molecular formula is C13H26O2. The topological polar surface area (TPSA) is 26.3 Å². The molecule has 0 radical (unpaired) electrons. The first-order valence-corrected chi connectivity index (χ1v) is 6.27. The van der Waals surface area contributed by atoms with Gasteiger partial charge in [-0.1, -0.05) is 40.0 Å². The lowest BCUT2D eigenvalue weighted by atomic mass is 9.88. The first-order chi connectivity index (χ1) is 7.11. The van der Waals surface area contributed by atoms with Crippen molar-refractivity contribution >= 4 is 5.97 Å². The Bertz CT molecular complexity index is 166. The van der Waals surface area contributed by atoms with Gasteiger partial charge in [-0.15, -0.1) is 0 Å². The molecule has 0 aromatic rings. The molecule has 0 amide bonds. The second kappa shape index (κ2) is 8.75. The number of carbonyl (C=O) groups excluding carboxylic acids is 1. The fourth-order valence-electron chi connectivity index (χ4n) is 1.67. The van der Waals surface area contributed by atoms with E-state index in [0.717, 1.165) is 12.3 Å². The highest BCUT2D eigenvalue weighted by Gasteiger charge is 2.13. The summed E-state index contributed by atoms with van der Waals surface area (Å²) in [6.45, 7) is 9.09. The maximum atomic E-state index is 11.2. The lowest BCUT2D eigenvalue weighted by Crippen LogP contribution is -2.12. The monoisotopic (exact) mass is 214 g/mol. The Morgan fingerprint density at radius 2 is 1.73 bits per heavy atom. The molecule has 2 unspecified atom stereocenters. The van der Waals surface area contributed by atoms with Crippen LogP contribution in [0.15, 0.2) is 0 Å². The zero-order valence-electron chi connectivity index (χ0n) is 10.7. The van der Waals surface area contributed by atoms with Gasteiger partial charge < -0.3 is 4.74 Å². The molecule has 0 saturated heterocycles. The molecule has 0 spiro atoms. The normalized spacial score (nSPS) is 14.7. The minimum absolute atomic E-state index is 0.0490. The number of esters is 1. The van der Waals surface area contributed by atoms with Crippen molar-refractivity contribution in [3.8, 4) is 0 Å². The van der Waals surface area contributed by atoms with E-state index in [4.69, 9.17) is 4.74 Å². The van der Waals surface area contributed by atoms with Crippen LogP contribution < -0.4 is 0 Å². The van der Waals surface area contributed by atoms with E-state index in [-0.39, 0.29) is 5.97 Å². The Morgan fingerprint density at radius 1 is 1.13 bits per heavy atom. The maximum absolute atomic E-state index is 11.2. The van der Waals surface area contributed by atoms with Gasteiger partial charge in [0.15, 0.2) is 0 Å². The molecule has 2 atom stereocenters. The Hall–Kier alpha value is -0.530. The van der Waals surface area contributed by atoms with E-state index in [9.17, 15) is 4.79 Å². The number of unbranched alkanes of at least 4 members (excludes halogenated alkanes) is 1. The summed E-state index contributed by atoms with van der Waals surface area (Å²) in [6.07, 6.45) is 5.37. The van der Waals surface area contributed by atoms with Crippen molar-refractivity contribution in [3.63, 3.8) is 0 Å². The van der Waals surface area contributed by atoms with Gasteiger partial charge in [0.25, 0.3) is 0 Å². The van der Waals surface area contributed by atoms with Crippen LogP contribution in [-0.4, -0.2) is 12.6 Å². The number of ether oxygens (including phenoxy) is 1. The van der Waals surface area contributed by atoms with Gasteiger partial charge in [-0.05, 0) is 25.2 Å². The van der Waals surface area contributed by atoms with Crippen LogP contribution in [0.2, 0.25) is 0 Å². The zero-order valence-corrected chi connectivity index (χ0v) is 10.7. The number of carbonyl (C=O) groups is 1. The van der Waals surface area contributed by atoms with Crippen molar-refractivity contribution in [1.29, 1.82) is 0 Å². The van der Waals surface area contributed by atoms with Crippen LogP contribution in [0.5, 0.6) is 0 Å². The smallest absolute Gasteiger partial charge is 0.305 e. The van der Waals surface area contributed by atoms with Gasteiger partial charge in [-0.2, -0.15) is 0 Å². The highest BCUT2D eigenvalue weighted by molar-refractivity contribution is 5.69. The van der Waals surface area contributed by atoms with E-state index in [1.54, 1.807) is 0 Å². The molecule has 0 rings (SSSR count). The molecule has 90 valence electrons. The molecule has 0 aliphatic carbocycles. The van der Waals surface area contributed by atoms with E-state index in [1.165, 1.54) is 19.3 Å². The third-order valence-electron chi connectivity index (χ3n) is 3.09. The zero-order chi connectivity index (χ0) is 11.7. The summed E-state index contributed by atoms with van der Waals surface area (Å²) in [7, 11) is 0. The molecule has 0 aliphatic rings. The van der Waals surface area contributed by atoms with Crippen LogP contribution in [0.1, 0.15) is 59.8 Å². The predicted molar refractivity (Wildman–Crippen MR) is 63.7 cm³/mol. The predicted octanol–water partition coefficient (Wildman–Crippen LogP) is 3.79. The molecule has 0 fully saturated rings. The fraction of sp³-hybridized carbons (Fsp3) is 0.923. The summed E-state index contributed by atoms with van der Waals surface area (Å²) in [4.78, 5) is 11.2. The molecule has 0 saturated carbocycles. The van der Waals surface area contributed by atoms with Gasteiger partial charge in [-0.3, -0.25) is 4.79 Å². The minimum atomic E-state index is -0.0490. The van der Waals surface area contributed by atoms with E-state index in [0.29, 0.717) is 18.9 Å². The van der Waals surface area contributed by atoms with Crippen molar-refractivity contribution < 1.29 is 9.53 Å². The van der Waals surface area contributed by atoms with Gasteiger partial charge in [-0.25, -0.2) is 0 Å². The third kappa shape index (κ3) is 7.40. The van der Waals surface area contributed by atoms with E-state index < -0.39 is 0 Å². The van der Waals surface area contributed by atoms with Gasteiger partial charge >= 0.3 is 5.97 Å². The second-order valence-electron chi connectivity index (χ2n) is 4.44. The lowest BCUT2D eigenvalue weighted by Gasteiger charge is -2.19. The largest absolute Gasteiger partial charge is 0.466 e. The maximum Gasteiger partial charge on any atom is 0.305 e. The number of hydrogen-bond donors (Lipinski definition) is 0. The quantitative estimate of drug-likeness (QED) is 0.575. The summed E-state index contributed by atoms with van der Waals surface area (Å²) in [5.74, 6) is 1.30. The minimum Gasteiger partial charge on any atom is -0.466 e. The standard InChI is InChI=1S/C13H26O2/c1-5-7-8-11(3)12(4)9-10-13(14)15-6-2/h11-12H,5-10H2,1-4H3. The molecule has 0 aromatic heterocycles. The molecular weight excluding hydrogens is 188 g/mol. The first kappa shape index (κ1) is 14.5. The number of hydrogen-bond acceptors (Lipinski definition) is 2. The van der Waals surface area contributed by atoms with Gasteiger partial charge in [0.1, 0.15) is 0 Å². The molecule has 15 heavy (non-hydrogen) atoms. The van der Waals surface area contributed by atoms with E-state index in [1.807, 2.05) is 6.92 Å². The van der Waals surface area contributed by atoms with Crippen LogP contribution >= 0.6 is 0 Å². The summed E-state index contributed by atoms with van der Waals surface area (Å²) in [5.41, 5.74) is 0. The average molecular weight is 214 g/mol. The van der Waals surface area contributed by atoms with Gasteiger partial charge in [0.2, 0.25) is 0 Å². The van der Waals surface area contributed by atoms with Crippen molar-refractivity contribution in [1.82, 2.24) is 0 Å². The SMILES string of the molecule is CCCCC(C)C(C)CCC(=O)OCC. The van der Waals surface area contributed by atoms with E-state index in [2.05, 4.69) is 20.8 Å². The molecule has 2 heteroatoms. The Morgan fingerprint density at radius 3 is 2.27 bits per heavy atom. The highest BCUT2D eigenvalue weighted by Crippen LogP contribution is 2.22.